The van der Waals surface area contributed by atoms with E-state index in [0.29, 0.717) is 12.5 Å². The Balaban J connectivity index is 1.44. The summed E-state index contributed by atoms with van der Waals surface area (Å²) in [6.07, 6.45) is 12.3. The molecular formula is C19H23N3O. The van der Waals surface area contributed by atoms with E-state index >= 15 is 0 Å². The zero-order valence-corrected chi connectivity index (χ0v) is 13.3. The van der Waals surface area contributed by atoms with Crippen LogP contribution in [0.1, 0.15) is 49.3 Å². The van der Waals surface area contributed by atoms with Gasteiger partial charge in [0, 0.05) is 30.4 Å². The maximum absolute atomic E-state index is 11.8. The molecule has 1 N–H and O–H groups in total. The van der Waals surface area contributed by atoms with Gasteiger partial charge in [0.25, 0.3) is 0 Å². The summed E-state index contributed by atoms with van der Waals surface area (Å²) in [4.78, 5) is 11.8. The standard InChI is InChI=1S/C19H23N3O/c23-19(11-10-16-6-2-1-3-7-16)21-20-14-17-12-13-22(15-17)18-8-4-5-9-18/h1-3,6-7,12-15,18H,4-5,8-11H2,(H,21,23)/b20-14+. The first-order valence-corrected chi connectivity index (χ1v) is 8.34. The molecule has 3 rings (SSSR count). The number of aromatic nitrogens is 1. The molecule has 0 spiro atoms. The third-order valence-electron chi connectivity index (χ3n) is 4.37. The highest BCUT2D eigenvalue weighted by molar-refractivity contribution is 5.82. The van der Waals surface area contributed by atoms with Crippen molar-refractivity contribution in [3.63, 3.8) is 0 Å². The van der Waals surface area contributed by atoms with Crippen LogP contribution in [0.4, 0.5) is 0 Å². The highest BCUT2D eigenvalue weighted by atomic mass is 16.2. The van der Waals surface area contributed by atoms with Gasteiger partial charge in [0.1, 0.15) is 0 Å². The predicted octanol–water partition coefficient (Wildman–Crippen LogP) is 3.69. The number of benzene rings is 1. The predicted molar refractivity (Wildman–Crippen MR) is 92.4 cm³/mol. The summed E-state index contributed by atoms with van der Waals surface area (Å²) in [7, 11) is 0. The fraction of sp³-hybridized carbons (Fsp3) is 0.368. The molecule has 4 heteroatoms. The third-order valence-corrected chi connectivity index (χ3v) is 4.37. The molecule has 0 aliphatic heterocycles. The molecule has 1 aromatic heterocycles. The number of carbonyl (C=O) groups excluding carboxylic acids is 1. The van der Waals surface area contributed by atoms with Gasteiger partial charge in [-0.2, -0.15) is 5.10 Å². The second kappa shape index (κ2) is 7.77. The van der Waals surface area contributed by atoms with Crippen LogP contribution in [0.3, 0.4) is 0 Å². The summed E-state index contributed by atoms with van der Waals surface area (Å²) < 4.78 is 2.27. The van der Waals surface area contributed by atoms with Gasteiger partial charge in [-0.25, -0.2) is 5.43 Å². The Morgan fingerprint density at radius 1 is 1.22 bits per heavy atom. The number of hydrogen-bond donors (Lipinski definition) is 1. The summed E-state index contributed by atoms with van der Waals surface area (Å²) in [5.74, 6) is -0.0553. The van der Waals surface area contributed by atoms with E-state index in [0.717, 1.165) is 12.0 Å². The van der Waals surface area contributed by atoms with Crippen LogP contribution >= 0.6 is 0 Å². The summed E-state index contributed by atoms with van der Waals surface area (Å²) in [5, 5.41) is 4.06. The third kappa shape index (κ3) is 4.55. The first-order chi connectivity index (χ1) is 11.3. The lowest BCUT2D eigenvalue weighted by Crippen LogP contribution is -2.17. The molecule has 23 heavy (non-hydrogen) atoms. The average molecular weight is 309 g/mol. The molecule has 0 unspecified atom stereocenters. The van der Waals surface area contributed by atoms with E-state index in [-0.39, 0.29) is 5.91 Å². The lowest BCUT2D eigenvalue weighted by molar-refractivity contribution is -0.121. The molecule has 0 bridgehead atoms. The maximum atomic E-state index is 11.8. The van der Waals surface area contributed by atoms with Crippen LogP contribution in [-0.4, -0.2) is 16.7 Å². The fourth-order valence-corrected chi connectivity index (χ4v) is 3.07. The van der Waals surface area contributed by atoms with Gasteiger partial charge >= 0.3 is 0 Å². The Labute approximate surface area is 137 Å². The lowest BCUT2D eigenvalue weighted by Gasteiger charge is -2.10. The summed E-state index contributed by atoms with van der Waals surface area (Å²) in [6, 6.07) is 12.7. The van der Waals surface area contributed by atoms with Crippen molar-refractivity contribution >= 4 is 12.1 Å². The maximum Gasteiger partial charge on any atom is 0.240 e. The van der Waals surface area contributed by atoms with Gasteiger partial charge in [0.05, 0.1) is 6.21 Å². The molecule has 0 saturated heterocycles. The van der Waals surface area contributed by atoms with Crippen molar-refractivity contribution in [1.29, 1.82) is 0 Å². The number of nitrogens with one attached hydrogen (secondary N) is 1. The highest BCUT2D eigenvalue weighted by Crippen LogP contribution is 2.29. The van der Waals surface area contributed by atoms with Gasteiger partial charge in [-0.1, -0.05) is 43.2 Å². The highest BCUT2D eigenvalue weighted by Gasteiger charge is 2.15. The molecule has 1 heterocycles. The van der Waals surface area contributed by atoms with Crippen LogP contribution in [-0.2, 0) is 11.2 Å². The quantitative estimate of drug-likeness (QED) is 0.642. The van der Waals surface area contributed by atoms with Gasteiger partial charge in [-0.15, -0.1) is 0 Å². The summed E-state index contributed by atoms with van der Waals surface area (Å²) >= 11 is 0. The Morgan fingerprint density at radius 3 is 2.78 bits per heavy atom. The number of aryl methyl sites for hydroxylation is 1. The first-order valence-electron chi connectivity index (χ1n) is 8.34. The topological polar surface area (TPSA) is 46.4 Å². The van der Waals surface area contributed by atoms with Crippen molar-refractivity contribution in [2.45, 2.75) is 44.6 Å². The number of nitrogens with zero attached hydrogens (tertiary/aromatic N) is 2. The molecule has 4 nitrogen and oxygen atoms in total. The number of rotatable bonds is 6. The Bertz CT molecular complexity index is 654. The zero-order chi connectivity index (χ0) is 15.9. The van der Waals surface area contributed by atoms with E-state index in [2.05, 4.69) is 27.5 Å². The molecule has 2 aromatic rings. The van der Waals surface area contributed by atoms with Crippen LogP contribution in [0, 0.1) is 0 Å². The van der Waals surface area contributed by atoms with E-state index in [4.69, 9.17) is 0 Å². The molecule has 1 saturated carbocycles. The normalized spacial score (nSPS) is 15.3. The Kier molecular flexibility index (Phi) is 5.25. The number of hydrazone groups is 1. The van der Waals surface area contributed by atoms with E-state index < -0.39 is 0 Å². The second-order valence-corrected chi connectivity index (χ2v) is 6.11. The second-order valence-electron chi connectivity index (χ2n) is 6.11. The van der Waals surface area contributed by atoms with Gasteiger partial charge < -0.3 is 4.57 Å². The minimum atomic E-state index is -0.0553. The van der Waals surface area contributed by atoms with Gasteiger partial charge in [0.2, 0.25) is 5.91 Å². The Hall–Kier alpha value is -2.36. The van der Waals surface area contributed by atoms with E-state index in [1.165, 1.54) is 31.2 Å². The molecule has 1 fully saturated rings. The number of carbonyl (C=O) groups is 1. The molecule has 1 aliphatic carbocycles. The van der Waals surface area contributed by atoms with Crippen LogP contribution in [0.5, 0.6) is 0 Å². The van der Waals surface area contributed by atoms with Gasteiger partial charge in [-0.3, -0.25) is 4.79 Å². The van der Waals surface area contributed by atoms with Crippen molar-refractivity contribution in [3.8, 4) is 0 Å². The molecule has 0 atom stereocenters. The van der Waals surface area contributed by atoms with Crippen molar-refractivity contribution in [1.82, 2.24) is 9.99 Å². The van der Waals surface area contributed by atoms with Crippen molar-refractivity contribution in [2.75, 3.05) is 0 Å². The number of hydrogen-bond acceptors (Lipinski definition) is 2. The number of amides is 1. The minimum Gasteiger partial charge on any atom is -0.351 e. The van der Waals surface area contributed by atoms with E-state index in [9.17, 15) is 4.79 Å². The SMILES string of the molecule is O=C(CCc1ccccc1)N/N=C/c1ccn(C2CCCC2)c1. The first kappa shape index (κ1) is 15.5. The summed E-state index contributed by atoms with van der Waals surface area (Å²) in [5.41, 5.74) is 4.80. The molecule has 1 aromatic carbocycles. The van der Waals surface area contributed by atoms with E-state index in [1.54, 1.807) is 6.21 Å². The van der Waals surface area contributed by atoms with Gasteiger partial charge in [-0.05, 0) is 30.9 Å². The molecule has 120 valence electrons. The monoisotopic (exact) mass is 309 g/mol. The van der Waals surface area contributed by atoms with Crippen LogP contribution in [0.25, 0.3) is 0 Å². The largest absolute Gasteiger partial charge is 0.351 e. The van der Waals surface area contributed by atoms with Crippen LogP contribution in [0.2, 0.25) is 0 Å². The average Bonchev–Trinajstić information content (AvgIpc) is 3.25. The lowest BCUT2D eigenvalue weighted by atomic mass is 10.1. The molecule has 1 aliphatic rings. The smallest absolute Gasteiger partial charge is 0.240 e. The van der Waals surface area contributed by atoms with Crippen molar-refractivity contribution in [2.24, 2.45) is 5.10 Å². The Morgan fingerprint density at radius 2 is 2.00 bits per heavy atom. The fourth-order valence-electron chi connectivity index (χ4n) is 3.07. The summed E-state index contributed by atoms with van der Waals surface area (Å²) in [6.45, 7) is 0. The zero-order valence-electron chi connectivity index (χ0n) is 13.3. The van der Waals surface area contributed by atoms with Gasteiger partial charge in [0.15, 0.2) is 0 Å². The van der Waals surface area contributed by atoms with E-state index in [1.807, 2.05) is 36.4 Å². The molecule has 1 amide bonds. The van der Waals surface area contributed by atoms with Crippen molar-refractivity contribution < 1.29 is 4.79 Å². The minimum absolute atomic E-state index is 0.0553. The van der Waals surface area contributed by atoms with Crippen LogP contribution < -0.4 is 5.43 Å². The van der Waals surface area contributed by atoms with Crippen LogP contribution in [0.15, 0.2) is 53.9 Å². The molecule has 0 radical (unpaired) electrons. The molecular weight excluding hydrogens is 286 g/mol. The van der Waals surface area contributed by atoms with Crippen molar-refractivity contribution in [3.05, 3.63) is 59.9 Å².